The Morgan fingerprint density at radius 2 is 1.62 bits per heavy atom. The van der Waals surface area contributed by atoms with Crippen LogP contribution in [0.2, 0.25) is 5.02 Å². The van der Waals surface area contributed by atoms with Crippen LogP contribution in [0.5, 0.6) is 0 Å². The number of anilines is 4. The molecule has 1 unspecified atom stereocenters. The topological polar surface area (TPSA) is 197 Å². The van der Waals surface area contributed by atoms with E-state index >= 15 is 4.39 Å². The second-order valence-electron chi connectivity index (χ2n) is 17.8. The van der Waals surface area contributed by atoms with E-state index in [2.05, 4.69) is 51.7 Å². The lowest BCUT2D eigenvalue weighted by Crippen LogP contribution is -2.55. The van der Waals surface area contributed by atoms with Crippen molar-refractivity contribution < 1.29 is 28.4 Å². The number of piperidine rings is 1. The molecule has 0 bridgehead atoms. The van der Waals surface area contributed by atoms with Crippen molar-refractivity contribution in [3.8, 4) is 6.07 Å². The van der Waals surface area contributed by atoms with Crippen LogP contribution in [0.4, 0.5) is 27.4 Å². The molecule has 4 aromatic rings. The maximum atomic E-state index is 15.4. The first-order valence-corrected chi connectivity index (χ1v) is 22.2. The third kappa shape index (κ3) is 7.68. The van der Waals surface area contributed by atoms with Gasteiger partial charge in [-0.1, -0.05) is 11.6 Å². The van der Waals surface area contributed by atoms with Crippen LogP contribution in [0.25, 0.3) is 0 Å². The van der Waals surface area contributed by atoms with Crippen LogP contribution in [0.1, 0.15) is 99.3 Å². The summed E-state index contributed by atoms with van der Waals surface area (Å²) in [7, 11) is 0. The fraction of sp³-hybridized carbons (Fsp3) is 0.413. The molecule has 0 radical (unpaired) electrons. The first-order valence-electron chi connectivity index (χ1n) is 21.8. The number of benzene rings is 2. The van der Waals surface area contributed by atoms with Crippen LogP contribution in [-0.2, 0) is 22.6 Å². The summed E-state index contributed by atoms with van der Waals surface area (Å²) in [5, 5.41) is 18.0. The summed E-state index contributed by atoms with van der Waals surface area (Å²) < 4.78 is 15.4. The highest BCUT2D eigenvalue weighted by Gasteiger charge is 2.48. The zero-order valence-corrected chi connectivity index (χ0v) is 35.7. The molecule has 1 atom stereocenters. The predicted octanol–water partition coefficient (Wildman–Crippen LogP) is 4.89. The number of aromatic nitrogens is 3. The summed E-state index contributed by atoms with van der Waals surface area (Å²) in [6.07, 6.45) is 8.27. The maximum absolute atomic E-state index is 15.4. The highest BCUT2D eigenvalue weighted by Crippen LogP contribution is 2.52. The van der Waals surface area contributed by atoms with Gasteiger partial charge in [-0.25, -0.2) is 15.0 Å². The molecule has 2 saturated heterocycles. The summed E-state index contributed by atoms with van der Waals surface area (Å²) in [5.41, 5.74) is 4.50. The smallest absolute Gasteiger partial charge is 0.262 e. The quantitative estimate of drug-likeness (QED) is 0.160. The average Bonchev–Trinajstić information content (AvgIpc) is 3.53. The van der Waals surface area contributed by atoms with Crippen molar-refractivity contribution in [3.63, 3.8) is 0 Å². The van der Waals surface area contributed by atoms with Gasteiger partial charge in [0.2, 0.25) is 17.8 Å². The molecule has 18 heteroatoms. The number of halogens is 2. The Balaban J connectivity index is 0.680. The molecule has 4 fully saturated rings. The Kier molecular flexibility index (Phi) is 10.7. The van der Waals surface area contributed by atoms with Gasteiger partial charge >= 0.3 is 0 Å². The molecule has 3 N–H and O–H groups in total. The van der Waals surface area contributed by atoms with Crippen molar-refractivity contribution in [1.29, 1.82) is 5.26 Å². The summed E-state index contributed by atoms with van der Waals surface area (Å²) in [6.45, 7) is 4.45. The van der Waals surface area contributed by atoms with Gasteiger partial charge in [-0.15, -0.1) is 0 Å². The number of imide groups is 2. The largest absolute Gasteiger partial charge is 0.369 e. The molecule has 2 aromatic carbocycles. The zero-order valence-electron chi connectivity index (χ0n) is 34.9. The third-order valence-electron chi connectivity index (χ3n) is 14.1. The Morgan fingerprint density at radius 1 is 0.875 bits per heavy atom. The number of nitrogens with one attached hydrogen (secondary N) is 3. The molecule has 4 aliphatic heterocycles. The van der Waals surface area contributed by atoms with Gasteiger partial charge in [0.1, 0.15) is 30.1 Å². The van der Waals surface area contributed by atoms with Gasteiger partial charge in [-0.05, 0) is 105 Å². The number of hydrogen-bond donors (Lipinski definition) is 3. The Morgan fingerprint density at radius 3 is 2.36 bits per heavy atom. The molecular weight excluding hydrogens is 841 g/mol. The molecule has 5 amide bonds. The molecule has 6 aliphatic rings. The van der Waals surface area contributed by atoms with Gasteiger partial charge in [-0.3, -0.25) is 39.1 Å². The van der Waals surface area contributed by atoms with Crippen LogP contribution < -0.4 is 25.8 Å². The lowest BCUT2D eigenvalue weighted by molar-refractivity contribution is -0.136. The van der Waals surface area contributed by atoms with Crippen molar-refractivity contribution in [1.82, 2.24) is 35.4 Å². The number of piperazine rings is 1. The summed E-state index contributed by atoms with van der Waals surface area (Å²) in [4.78, 5) is 84.7. The van der Waals surface area contributed by atoms with Crippen molar-refractivity contribution in [2.45, 2.75) is 82.5 Å². The average molecular weight is 886 g/mol. The Hall–Kier alpha value is -6.51. The van der Waals surface area contributed by atoms with Gasteiger partial charge < -0.3 is 20.4 Å². The van der Waals surface area contributed by atoms with Crippen LogP contribution >= 0.6 is 11.6 Å². The Labute approximate surface area is 373 Å². The van der Waals surface area contributed by atoms with E-state index in [9.17, 15) is 29.2 Å². The van der Waals surface area contributed by atoms with Crippen LogP contribution in [0.15, 0.2) is 54.9 Å². The van der Waals surface area contributed by atoms with Crippen molar-refractivity contribution in [2.24, 2.45) is 5.41 Å². The van der Waals surface area contributed by atoms with E-state index in [-0.39, 0.29) is 46.8 Å². The number of nitrogens with zero attached hydrogens (tertiary/aromatic N) is 8. The molecule has 2 aliphatic carbocycles. The minimum atomic E-state index is -0.991. The van der Waals surface area contributed by atoms with E-state index in [0.717, 1.165) is 92.2 Å². The van der Waals surface area contributed by atoms with Crippen molar-refractivity contribution in [2.75, 3.05) is 47.8 Å². The van der Waals surface area contributed by atoms with Crippen LogP contribution in [0, 0.1) is 22.7 Å². The summed E-state index contributed by atoms with van der Waals surface area (Å²) in [5.74, 6) is -2.61. The summed E-state index contributed by atoms with van der Waals surface area (Å²) >= 11 is 6.28. The fourth-order valence-electron chi connectivity index (χ4n) is 10.6. The molecule has 16 nitrogen and oxygen atoms in total. The van der Waals surface area contributed by atoms with Crippen LogP contribution in [-0.4, -0.2) is 105 Å². The van der Waals surface area contributed by atoms with E-state index in [1.807, 2.05) is 12.1 Å². The molecule has 6 heterocycles. The number of carbonyl (C=O) groups excluding carboxylic acids is 5. The van der Waals surface area contributed by atoms with Gasteiger partial charge in [0, 0.05) is 68.2 Å². The van der Waals surface area contributed by atoms with E-state index in [1.54, 1.807) is 30.3 Å². The highest BCUT2D eigenvalue weighted by molar-refractivity contribution is 6.32. The molecule has 328 valence electrons. The van der Waals surface area contributed by atoms with Crippen molar-refractivity contribution >= 4 is 64.1 Å². The molecular formula is C46H45ClFN11O5. The first-order chi connectivity index (χ1) is 31.0. The zero-order chi connectivity index (χ0) is 44.3. The first kappa shape index (κ1) is 41.5. The number of rotatable bonds is 8. The number of fused-ring (bicyclic) bond motifs is 2. The lowest BCUT2D eigenvalue weighted by atomic mass is 9.57. The molecule has 2 aromatic heterocycles. The minimum Gasteiger partial charge on any atom is -0.369 e. The lowest BCUT2D eigenvalue weighted by Gasteiger charge is -2.53. The number of amides is 5. The monoisotopic (exact) mass is 885 g/mol. The third-order valence-corrected chi connectivity index (χ3v) is 14.4. The van der Waals surface area contributed by atoms with E-state index < -0.39 is 41.5 Å². The van der Waals surface area contributed by atoms with Gasteiger partial charge in [0.25, 0.3) is 17.7 Å². The van der Waals surface area contributed by atoms with E-state index in [4.69, 9.17) is 11.6 Å². The molecule has 10 rings (SSSR count). The maximum Gasteiger partial charge on any atom is 0.262 e. The number of carbonyl (C=O) groups is 5. The van der Waals surface area contributed by atoms with Gasteiger partial charge in [0.05, 0.1) is 39.5 Å². The second kappa shape index (κ2) is 16.6. The standard InChI is InChI=1S/C46H45ClFN11O5/c47-35-20-30(2-1-26(35)23-49)58-14-11-32-36(24-58)50-25-51-41(32)54-38-7-5-33(40(48)53-38)42(61)52-27-21-46(22-27)12-9-28(10-13-46)56-15-17-57(18-16-56)29-3-4-31-34(19-29)45(64)59(44(31)63)37-6-8-39(60)55-43(37)62/h1-5,7,19-20,25,27-28,37H,6,8-18,21-22,24H2,(H,52,61)(H,55,60,62)(H,50,51,53,54). The van der Waals surface area contributed by atoms with Gasteiger partial charge in [0.15, 0.2) is 0 Å². The van der Waals surface area contributed by atoms with E-state index in [1.165, 1.54) is 12.4 Å². The highest BCUT2D eigenvalue weighted by atomic mass is 35.5. The molecule has 64 heavy (non-hydrogen) atoms. The minimum absolute atomic E-state index is 0.0252. The molecule has 1 spiro atoms. The summed E-state index contributed by atoms with van der Waals surface area (Å²) in [6, 6.07) is 15.2. The number of nitriles is 1. The number of hydrogen-bond acceptors (Lipinski definition) is 13. The van der Waals surface area contributed by atoms with Gasteiger partial charge in [-0.2, -0.15) is 9.65 Å². The fourth-order valence-corrected chi connectivity index (χ4v) is 10.8. The number of pyridine rings is 1. The predicted molar refractivity (Wildman–Crippen MR) is 233 cm³/mol. The van der Waals surface area contributed by atoms with Crippen LogP contribution in [0.3, 0.4) is 0 Å². The van der Waals surface area contributed by atoms with Crippen molar-refractivity contribution in [3.05, 3.63) is 99.3 Å². The van der Waals surface area contributed by atoms with E-state index in [0.29, 0.717) is 42.0 Å². The Bertz CT molecular complexity index is 2650. The normalized spacial score (nSPS) is 24.5. The second-order valence-corrected chi connectivity index (χ2v) is 18.2. The molecule has 2 saturated carbocycles. The SMILES string of the molecule is N#Cc1ccc(N2CCc3c(ncnc3Nc3ccc(C(=O)NC4CC5(CCC(N6CCN(c7ccc8c(c7)C(=O)N(C7CCC(=O)NC7=O)C8=O)CC6)CC5)C4)c(F)n3)C2)cc1Cl.